The van der Waals surface area contributed by atoms with Crippen LogP contribution >= 0.6 is 46.6 Å². The van der Waals surface area contributed by atoms with E-state index in [-0.39, 0.29) is 21.6 Å². The summed E-state index contributed by atoms with van der Waals surface area (Å²) in [5.74, 6) is -0.134. The number of nitrogens with one attached hydrogen (secondary N) is 1. The summed E-state index contributed by atoms with van der Waals surface area (Å²) in [6, 6.07) is 17.1. The first-order valence-corrected chi connectivity index (χ1v) is 13.3. The van der Waals surface area contributed by atoms with Crippen molar-refractivity contribution in [3.8, 4) is 11.5 Å². The predicted octanol–water partition coefficient (Wildman–Crippen LogP) is 7.30. The van der Waals surface area contributed by atoms with Gasteiger partial charge in [-0.2, -0.15) is 0 Å². The highest BCUT2D eigenvalue weighted by atomic mass is 35.5. The summed E-state index contributed by atoms with van der Waals surface area (Å²) in [7, 11) is 0. The second-order valence-electron chi connectivity index (χ2n) is 8.00. The van der Waals surface area contributed by atoms with Crippen molar-refractivity contribution < 1.29 is 23.9 Å². The molecule has 38 heavy (non-hydrogen) atoms. The molecule has 1 heterocycles. The minimum atomic E-state index is -0.586. The van der Waals surface area contributed by atoms with E-state index < -0.39 is 23.6 Å². The number of hydrogen-bond acceptors (Lipinski definition) is 6. The Labute approximate surface area is 238 Å². The monoisotopic (exact) mass is 590 g/mol. The maximum Gasteiger partial charge on any atom is 0.294 e. The first kappa shape index (κ1) is 27.9. The molecule has 196 valence electrons. The molecule has 0 aliphatic carbocycles. The van der Waals surface area contributed by atoms with Crippen molar-refractivity contribution in [2.45, 2.75) is 13.5 Å². The number of rotatable bonds is 9. The molecule has 3 aromatic rings. The third-order valence-corrected chi connectivity index (χ3v) is 6.96. The van der Waals surface area contributed by atoms with E-state index in [1.54, 1.807) is 48.5 Å². The van der Waals surface area contributed by atoms with Gasteiger partial charge in [0.25, 0.3) is 11.1 Å². The minimum Gasteiger partial charge on any atom is -0.494 e. The van der Waals surface area contributed by atoms with Crippen LogP contribution in [0.1, 0.15) is 18.1 Å². The van der Waals surface area contributed by atoms with Gasteiger partial charge >= 0.3 is 0 Å². The maximum atomic E-state index is 12.9. The second kappa shape index (κ2) is 12.6. The van der Waals surface area contributed by atoms with Crippen LogP contribution in [0.25, 0.3) is 6.08 Å². The topological polar surface area (TPSA) is 84.9 Å². The molecular formula is C27H21Cl3N2O5S. The molecule has 1 saturated heterocycles. The largest absolute Gasteiger partial charge is 0.494 e. The molecule has 1 aliphatic rings. The van der Waals surface area contributed by atoms with Gasteiger partial charge in [0.15, 0.2) is 5.75 Å². The van der Waals surface area contributed by atoms with Gasteiger partial charge in [-0.15, -0.1) is 0 Å². The standard InChI is InChI=1S/C27H21Cl3N2O5S/c1-2-36-20-9-7-19(8-10-20)31-24(33)14-32-26(34)23(38-27(32)35)13-17-11-21(29)25(22(30)12-17)37-15-16-3-5-18(28)6-4-16/h3-13H,2,14-15H2,1H3,(H,31,33)/b23-13+. The van der Waals surface area contributed by atoms with Gasteiger partial charge in [-0.1, -0.05) is 46.9 Å². The molecule has 0 bridgehead atoms. The first-order valence-electron chi connectivity index (χ1n) is 11.4. The zero-order chi connectivity index (χ0) is 27.2. The smallest absolute Gasteiger partial charge is 0.294 e. The predicted molar refractivity (Wildman–Crippen MR) is 151 cm³/mol. The molecule has 7 nitrogen and oxygen atoms in total. The summed E-state index contributed by atoms with van der Waals surface area (Å²) < 4.78 is 11.1. The van der Waals surface area contributed by atoms with Crippen molar-refractivity contribution in [2.24, 2.45) is 0 Å². The molecule has 0 saturated carbocycles. The third-order valence-electron chi connectivity index (χ3n) is 5.24. The third kappa shape index (κ3) is 7.02. The first-order chi connectivity index (χ1) is 18.2. The van der Waals surface area contributed by atoms with Gasteiger partial charge < -0.3 is 14.8 Å². The van der Waals surface area contributed by atoms with Gasteiger partial charge in [-0.25, -0.2) is 0 Å². The van der Waals surface area contributed by atoms with Gasteiger partial charge in [0.05, 0.1) is 21.6 Å². The van der Waals surface area contributed by atoms with E-state index in [9.17, 15) is 14.4 Å². The molecule has 4 rings (SSSR count). The van der Waals surface area contributed by atoms with Gasteiger partial charge in [-0.05, 0) is 84.4 Å². The lowest BCUT2D eigenvalue weighted by Gasteiger charge is -2.13. The van der Waals surface area contributed by atoms with Crippen LogP contribution in [0.4, 0.5) is 10.5 Å². The number of carbonyl (C=O) groups is 3. The molecule has 1 fully saturated rings. The molecule has 1 N–H and O–H groups in total. The van der Waals surface area contributed by atoms with E-state index in [4.69, 9.17) is 44.3 Å². The molecule has 11 heteroatoms. The van der Waals surface area contributed by atoms with Crippen molar-refractivity contribution in [1.29, 1.82) is 0 Å². The van der Waals surface area contributed by atoms with E-state index in [0.717, 1.165) is 22.2 Å². The Morgan fingerprint density at radius 3 is 2.26 bits per heavy atom. The minimum absolute atomic E-state index is 0.144. The Hall–Kier alpha value is -3.17. The van der Waals surface area contributed by atoms with E-state index >= 15 is 0 Å². The lowest BCUT2D eigenvalue weighted by molar-refractivity contribution is -0.127. The van der Waals surface area contributed by atoms with Crippen molar-refractivity contribution in [2.75, 3.05) is 18.5 Å². The average molecular weight is 592 g/mol. The van der Waals surface area contributed by atoms with Gasteiger partial charge in [-0.3, -0.25) is 19.3 Å². The Bertz CT molecular complexity index is 1370. The quantitative estimate of drug-likeness (QED) is 0.263. The van der Waals surface area contributed by atoms with Crippen LogP contribution in [0.5, 0.6) is 11.5 Å². The molecular weight excluding hydrogens is 571 g/mol. The lowest BCUT2D eigenvalue weighted by atomic mass is 10.2. The second-order valence-corrected chi connectivity index (χ2v) is 10.2. The van der Waals surface area contributed by atoms with Crippen molar-refractivity contribution >= 4 is 75.4 Å². The zero-order valence-corrected chi connectivity index (χ0v) is 23.1. The Kier molecular flexibility index (Phi) is 9.22. The van der Waals surface area contributed by atoms with Crippen LogP contribution in [0, 0.1) is 0 Å². The van der Waals surface area contributed by atoms with Crippen LogP contribution < -0.4 is 14.8 Å². The van der Waals surface area contributed by atoms with Crippen LogP contribution in [0.15, 0.2) is 65.6 Å². The van der Waals surface area contributed by atoms with E-state index in [0.29, 0.717) is 34.4 Å². The summed E-state index contributed by atoms with van der Waals surface area (Å²) >= 11 is 19.4. The Morgan fingerprint density at radius 1 is 0.974 bits per heavy atom. The van der Waals surface area contributed by atoms with Crippen LogP contribution in [-0.2, 0) is 16.2 Å². The van der Waals surface area contributed by atoms with Gasteiger partial charge in [0, 0.05) is 10.7 Å². The molecule has 0 spiro atoms. The number of anilines is 1. The van der Waals surface area contributed by atoms with Crippen LogP contribution in [-0.4, -0.2) is 35.1 Å². The number of ether oxygens (including phenoxy) is 2. The average Bonchev–Trinajstić information content (AvgIpc) is 3.13. The number of nitrogens with zero attached hydrogens (tertiary/aromatic N) is 1. The molecule has 0 unspecified atom stereocenters. The number of amides is 3. The molecule has 0 radical (unpaired) electrons. The van der Waals surface area contributed by atoms with Gasteiger partial charge in [0.1, 0.15) is 18.9 Å². The summed E-state index contributed by atoms with van der Waals surface area (Å²) in [6.07, 6.45) is 1.50. The molecule has 0 aromatic heterocycles. The zero-order valence-electron chi connectivity index (χ0n) is 20.0. The number of halogens is 3. The highest BCUT2D eigenvalue weighted by Crippen LogP contribution is 2.38. The van der Waals surface area contributed by atoms with Crippen molar-refractivity contribution in [3.05, 3.63) is 91.8 Å². The maximum absolute atomic E-state index is 12.9. The van der Waals surface area contributed by atoms with E-state index in [2.05, 4.69) is 5.32 Å². The number of imide groups is 1. The van der Waals surface area contributed by atoms with Crippen LogP contribution in [0.2, 0.25) is 15.1 Å². The number of carbonyl (C=O) groups excluding carboxylic acids is 3. The summed E-state index contributed by atoms with van der Waals surface area (Å²) in [5.41, 5.74) is 1.90. The fraction of sp³-hybridized carbons (Fsp3) is 0.148. The summed E-state index contributed by atoms with van der Waals surface area (Å²) in [6.45, 7) is 2.21. The number of thioether (sulfide) groups is 1. The van der Waals surface area contributed by atoms with E-state index in [1.165, 1.54) is 6.08 Å². The molecule has 1 aliphatic heterocycles. The van der Waals surface area contributed by atoms with E-state index in [1.807, 2.05) is 19.1 Å². The summed E-state index contributed by atoms with van der Waals surface area (Å²) in [4.78, 5) is 38.8. The normalized spacial score (nSPS) is 14.2. The molecule has 3 aromatic carbocycles. The lowest BCUT2D eigenvalue weighted by Crippen LogP contribution is -2.36. The fourth-order valence-corrected chi connectivity index (χ4v) is 5.05. The molecule has 0 atom stereocenters. The molecule has 3 amide bonds. The highest BCUT2D eigenvalue weighted by Gasteiger charge is 2.36. The van der Waals surface area contributed by atoms with Crippen molar-refractivity contribution in [1.82, 2.24) is 4.90 Å². The SMILES string of the molecule is CCOc1ccc(NC(=O)CN2C(=O)S/C(=C/c3cc(Cl)c(OCc4ccc(Cl)cc4)c(Cl)c3)C2=O)cc1. The fourth-order valence-electron chi connectivity index (χ4n) is 3.47. The number of hydrogen-bond donors (Lipinski definition) is 1. The number of benzene rings is 3. The van der Waals surface area contributed by atoms with Gasteiger partial charge in [0.2, 0.25) is 5.91 Å². The van der Waals surface area contributed by atoms with Crippen molar-refractivity contribution in [3.63, 3.8) is 0 Å². The Balaban J connectivity index is 1.40. The Morgan fingerprint density at radius 2 is 1.63 bits per heavy atom. The summed E-state index contributed by atoms with van der Waals surface area (Å²) in [5, 5.41) is 3.22. The highest BCUT2D eigenvalue weighted by molar-refractivity contribution is 8.18. The van der Waals surface area contributed by atoms with Crippen LogP contribution in [0.3, 0.4) is 0 Å².